The Kier molecular flexibility index (Phi) is 53.1. The number of rotatable bonds is 56. The van der Waals surface area contributed by atoms with E-state index in [2.05, 4.69) is 56.5 Å². The van der Waals surface area contributed by atoms with E-state index in [0.29, 0.717) is 12.8 Å². The van der Waals surface area contributed by atoms with Crippen molar-refractivity contribution < 1.29 is 49.3 Å². The molecule has 8 unspecified atom stereocenters. The maximum Gasteiger partial charge on any atom is 0.306 e. The van der Waals surface area contributed by atoms with Crippen molar-refractivity contribution in [2.24, 2.45) is 0 Å². The Morgan fingerprint density at radius 3 is 1.39 bits per heavy atom. The Morgan fingerprint density at radius 1 is 0.500 bits per heavy atom. The summed E-state index contributed by atoms with van der Waals surface area (Å²) in [7, 11) is 0. The second-order valence-electron chi connectivity index (χ2n) is 22.9. The summed E-state index contributed by atoms with van der Waals surface area (Å²) < 4.78 is 17.6. The first-order valence-corrected chi connectivity index (χ1v) is 33.3. The lowest BCUT2D eigenvalue weighted by molar-refractivity contribution is -0.305. The summed E-state index contributed by atoms with van der Waals surface area (Å²) >= 11 is 0. The minimum Gasteiger partial charge on any atom is -0.454 e. The zero-order valence-electron chi connectivity index (χ0n) is 51.4. The molecule has 0 spiro atoms. The van der Waals surface area contributed by atoms with Crippen LogP contribution in [0.2, 0.25) is 0 Å². The van der Waals surface area contributed by atoms with Crippen molar-refractivity contribution in [3.63, 3.8) is 0 Å². The monoisotopic (exact) mass is 1130 g/mol. The van der Waals surface area contributed by atoms with Crippen molar-refractivity contribution in [2.75, 3.05) is 13.2 Å². The topological polar surface area (TPSA) is 175 Å². The van der Waals surface area contributed by atoms with Crippen LogP contribution in [-0.2, 0) is 23.8 Å². The number of aliphatic hydroxyl groups excluding tert-OH is 5. The molecule has 11 heteroatoms. The van der Waals surface area contributed by atoms with Gasteiger partial charge in [-0.25, -0.2) is 0 Å². The van der Waals surface area contributed by atoms with E-state index < -0.39 is 67.4 Å². The predicted molar refractivity (Wildman–Crippen MR) is 333 cm³/mol. The van der Waals surface area contributed by atoms with Gasteiger partial charge in [0.15, 0.2) is 12.4 Å². The Bertz CT molecular complexity index is 1580. The van der Waals surface area contributed by atoms with Gasteiger partial charge >= 0.3 is 5.97 Å². The summed E-state index contributed by atoms with van der Waals surface area (Å²) in [6, 6.07) is -1.03. The molecular weight excluding hydrogens is 1000 g/mol. The molecule has 0 aromatic heterocycles. The van der Waals surface area contributed by atoms with Gasteiger partial charge in [0.1, 0.15) is 24.4 Å². The molecule has 0 radical (unpaired) electrons. The normalized spacial score (nSPS) is 19.2. The number of nitrogens with one attached hydrogen (secondary N) is 1. The van der Waals surface area contributed by atoms with Crippen LogP contribution < -0.4 is 5.32 Å². The maximum absolute atomic E-state index is 13.5. The quantitative estimate of drug-likeness (QED) is 0.0149. The standard InChI is InChI=1S/C69H123NO10/c1-4-7-10-13-16-19-22-25-27-28-29-30-31-32-33-34-35-37-38-41-44-47-50-53-56-62(73)68(77)70-60(61(72)55-52-49-46-43-40-24-21-18-15-12-9-6-3)59-78-69-67(66(76)65(75)63(58-71)79-69)80-64(74)57-54-51-48-45-42-39-36-26-23-20-17-14-11-8-5-2/h8,11,14,17,20,23,25-27,36,52,55,60-63,65-67,69,71-73,75-76H,4-7,9-10,12-13,15-16,18-19,21-22,24,28-35,37-51,53-54,56-59H2,1-3H3,(H,70,77)/b11-8+,17-14+,23-20+,27-25+,36-26-,55-52+. The van der Waals surface area contributed by atoms with Crippen molar-refractivity contribution in [3.05, 3.63) is 72.9 Å². The van der Waals surface area contributed by atoms with Crippen LogP contribution in [0.15, 0.2) is 72.9 Å². The highest BCUT2D eigenvalue weighted by Gasteiger charge is 2.47. The van der Waals surface area contributed by atoms with Crippen LogP contribution in [0.3, 0.4) is 0 Å². The number of ether oxygens (including phenoxy) is 3. The van der Waals surface area contributed by atoms with E-state index in [1.54, 1.807) is 6.08 Å². The van der Waals surface area contributed by atoms with E-state index in [0.717, 1.165) is 77.0 Å². The minimum atomic E-state index is -1.63. The highest BCUT2D eigenvalue weighted by Crippen LogP contribution is 2.26. The van der Waals surface area contributed by atoms with Crippen molar-refractivity contribution in [2.45, 2.75) is 339 Å². The summed E-state index contributed by atoms with van der Waals surface area (Å²) in [6.07, 6.45) is 62.3. The first-order valence-electron chi connectivity index (χ1n) is 33.3. The van der Waals surface area contributed by atoms with Crippen molar-refractivity contribution in [3.8, 4) is 0 Å². The molecule has 80 heavy (non-hydrogen) atoms. The van der Waals surface area contributed by atoms with Gasteiger partial charge in [0.25, 0.3) is 0 Å². The first-order chi connectivity index (χ1) is 39.2. The molecule has 1 aliphatic rings. The van der Waals surface area contributed by atoms with Crippen molar-refractivity contribution >= 4 is 11.9 Å². The van der Waals surface area contributed by atoms with Gasteiger partial charge in [0, 0.05) is 6.42 Å². The van der Waals surface area contributed by atoms with E-state index in [4.69, 9.17) is 14.2 Å². The SMILES string of the molecule is CC/C=C/C=C/C=C/C=C\CCCCCCCC(=O)OC1C(OCC(NC(=O)C(O)CCCCCCCCCCCCCCCC/C=C/CCCCCCCC)C(O)/C=C/CCCCCCCCCCCC)OC(CO)C(O)C1O. The minimum absolute atomic E-state index is 0.0959. The molecule has 0 saturated carbocycles. The lowest BCUT2D eigenvalue weighted by atomic mass is 9.99. The third-order valence-corrected chi connectivity index (χ3v) is 15.4. The van der Waals surface area contributed by atoms with Crippen LogP contribution in [0.4, 0.5) is 0 Å². The number of esters is 1. The second kappa shape index (κ2) is 56.6. The molecular formula is C69H123NO10. The van der Waals surface area contributed by atoms with Crippen LogP contribution in [0.25, 0.3) is 0 Å². The fourth-order valence-corrected chi connectivity index (χ4v) is 10.2. The average Bonchev–Trinajstić information content (AvgIpc) is 3.48. The zero-order chi connectivity index (χ0) is 58.2. The smallest absolute Gasteiger partial charge is 0.306 e. The Labute approximate surface area is 490 Å². The van der Waals surface area contributed by atoms with E-state index in [9.17, 15) is 35.1 Å². The molecule has 0 aliphatic carbocycles. The summed E-state index contributed by atoms with van der Waals surface area (Å²) in [4.78, 5) is 26.6. The number of hydrogen-bond acceptors (Lipinski definition) is 10. The third kappa shape index (κ3) is 43.7. The molecule has 1 saturated heterocycles. The number of aliphatic hydroxyl groups is 5. The molecule has 1 amide bonds. The molecule has 464 valence electrons. The molecule has 1 fully saturated rings. The van der Waals surface area contributed by atoms with Crippen LogP contribution in [0, 0.1) is 0 Å². The number of allylic oxidation sites excluding steroid dienone is 11. The summed E-state index contributed by atoms with van der Waals surface area (Å²) in [5, 5.41) is 57.1. The molecule has 0 aromatic rings. The average molecular weight is 1130 g/mol. The summed E-state index contributed by atoms with van der Waals surface area (Å²) in [5.74, 6) is -1.21. The van der Waals surface area contributed by atoms with Gasteiger partial charge in [0.2, 0.25) is 5.91 Å². The van der Waals surface area contributed by atoms with Gasteiger partial charge < -0.3 is 45.1 Å². The van der Waals surface area contributed by atoms with Crippen LogP contribution in [0.1, 0.15) is 290 Å². The van der Waals surface area contributed by atoms with Gasteiger partial charge in [-0.15, -0.1) is 0 Å². The van der Waals surface area contributed by atoms with Crippen molar-refractivity contribution in [1.29, 1.82) is 0 Å². The van der Waals surface area contributed by atoms with E-state index in [-0.39, 0.29) is 19.4 Å². The lowest BCUT2D eigenvalue weighted by Crippen LogP contribution is -2.61. The molecule has 11 nitrogen and oxygen atoms in total. The Hall–Kier alpha value is -2.90. The van der Waals surface area contributed by atoms with Gasteiger partial charge in [-0.1, -0.05) is 286 Å². The van der Waals surface area contributed by atoms with Crippen LogP contribution in [-0.4, -0.2) is 99.6 Å². The number of hydrogen-bond donors (Lipinski definition) is 6. The second-order valence-corrected chi connectivity index (χ2v) is 22.9. The van der Waals surface area contributed by atoms with E-state index >= 15 is 0 Å². The van der Waals surface area contributed by atoms with Gasteiger partial charge in [-0.05, 0) is 70.6 Å². The van der Waals surface area contributed by atoms with Crippen LogP contribution in [0.5, 0.6) is 0 Å². The maximum atomic E-state index is 13.5. The largest absolute Gasteiger partial charge is 0.454 e. The number of carbonyl (C=O) groups excluding carboxylic acids is 2. The van der Waals surface area contributed by atoms with Crippen LogP contribution >= 0.6 is 0 Å². The zero-order valence-corrected chi connectivity index (χ0v) is 51.4. The van der Waals surface area contributed by atoms with E-state index in [1.807, 2.05) is 36.5 Å². The van der Waals surface area contributed by atoms with Gasteiger partial charge in [-0.3, -0.25) is 9.59 Å². The third-order valence-electron chi connectivity index (χ3n) is 15.4. The molecule has 0 bridgehead atoms. The predicted octanol–water partition coefficient (Wildman–Crippen LogP) is 16.3. The first kappa shape index (κ1) is 75.1. The number of amides is 1. The molecule has 6 N–H and O–H groups in total. The lowest BCUT2D eigenvalue weighted by Gasteiger charge is -2.41. The molecule has 0 aromatic carbocycles. The van der Waals surface area contributed by atoms with E-state index in [1.165, 1.54) is 167 Å². The molecule has 1 aliphatic heterocycles. The fourth-order valence-electron chi connectivity index (χ4n) is 10.2. The Morgan fingerprint density at radius 2 is 0.912 bits per heavy atom. The summed E-state index contributed by atoms with van der Waals surface area (Å²) in [6.45, 7) is 5.65. The van der Waals surface area contributed by atoms with Gasteiger partial charge in [-0.2, -0.15) is 0 Å². The summed E-state index contributed by atoms with van der Waals surface area (Å²) in [5.41, 5.74) is 0. The fraction of sp³-hybridized carbons (Fsp3) is 0.797. The molecule has 8 atom stereocenters. The number of unbranched alkanes of at least 4 members (excludes halogenated alkanes) is 35. The highest BCUT2D eigenvalue weighted by molar-refractivity contribution is 5.80. The highest BCUT2D eigenvalue weighted by atomic mass is 16.7. The molecule has 1 heterocycles. The number of carbonyl (C=O) groups is 2. The Balaban J connectivity index is 2.60. The molecule has 1 rings (SSSR count). The van der Waals surface area contributed by atoms with Gasteiger partial charge in [0.05, 0.1) is 25.4 Å². The van der Waals surface area contributed by atoms with Crippen molar-refractivity contribution in [1.82, 2.24) is 5.32 Å².